The Labute approximate surface area is 182 Å². The van der Waals surface area contributed by atoms with Gasteiger partial charge in [-0.3, -0.25) is 0 Å². The first-order valence-corrected chi connectivity index (χ1v) is 12.4. The van der Waals surface area contributed by atoms with E-state index < -0.39 is 7.81 Å². The summed E-state index contributed by atoms with van der Waals surface area (Å²) in [4.78, 5) is 15.3. The third kappa shape index (κ3) is 7.43. The van der Waals surface area contributed by atoms with Gasteiger partial charge >= 0.3 is 38.6 Å². The van der Waals surface area contributed by atoms with E-state index >= 15 is 0 Å². The Morgan fingerprint density at radius 1 is 0.719 bits per heavy atom. The van der Waals surface area contributed by atoms with Crippen molar-refractivity contribution in [2.45, 2.75) is 21.6 Å². The molecule has 0 atom stereocenters. The van der Waals surface area contributed by atoms with Gasteiger partial charge in [0.2, 0.25) is 0 Å². The second-order valence-electron chi connectivity index (χ2n) is 6.80. The van der Waals surface area contributed by atoms with E-state index in [1.165, 1.54) is 26.3 Å². The molecule has 10 heteroatoms. The molecule has 0 saturated heterocycles. The van der Waals surface area contributed by atoms with E-state index in [9.17, 15) is 30.0 Å². The second kappa shape index (κ2) is 7.98. The molecule has 0 radical (unpaired) electrons. The summed E-state index contributed by atoms with van der Waals surface area (Å²) < 4.78 is 64.6. The van der Waals surface area contributed by atoms with Gasteiger partial charge in [0.25, 0.3) is 0 Å². The van der Waals surface area contributed by atoms with Crippen LogP contribution >= 0.6 is 7.81 Å². The van der Waals surface area contributed by atoms with Gasteiger partial charge in [-0.2, -0.15) is 0 Å². The summed E-state index contributed by atoms with van der Waals surface area (Å²) >= 11 is 0. The maximum absolute atomic E-state index is 11.6. The molecule has 1 heterocycles. The van der Waals surface area contributed by atoms with Gasteiger partial charge in [-0.1, -0.05) is 36.4 Å². The molecule has 32 heavy (non-hydrogen) atoms. The summed E-state index contributed by atoms with van der Waals surface area (Å²) in [5, 5.41) is 0.950. The maximum atomic E-state index is 11.6. The van der Waals surface area contributed by atoms with Crippen molar-refractivity contribution in [3.63, 3.8) is 0 Å². The SMILES string of the molecule is Cc1cc2ccc(=O)oc2cc1[S+](c1ccccc1)c1ccccc1.F[P-](F)(F)(F)(F)F. The summed E-state index contributed by atoms with van der Waals surface area (Å²) in [7, 11) is -10.9. The minimum atomic E-state index is -10.7. The quantitative estimate of drug-likeness (QED) is 0.125. The average Bonchev–Trinajstić information content (AvgIpc) is 2.68. The molecule has 4 aromatic rings. The molecule has 0 aliphatic rings. The van der Waals surface area contributed by atoms with Gasteiger partial charge in [0, 0.05) is 23.1 Å². The van der Waals surface area contributed by atoms with Gasteiger partial charge in [-0.15, -0.1) is 0 Å². The van der Waals surface area contributed by atoms with Crippen LogP contribution in [0.3, 0.4) is 0 Å². The van der Waals surface area contributed by atoms with Crippen LogP contribution in [0.5, 0.6) is 0 Å². The number of halogens is 6. The Bertz CT molecular complexity index is 1240. The van der Waals surface area contributed by atoms with Crippen LogP contribution in [0.1, 0.15) is 5.56 Å². The van der Waals surface area contributed by atoms with Crippen molar-refractivity contribution in [3.8, 4) is 0 Å². The first kappa shape index (κ1) is 23.9. The Kier molecular flexibility index (Phi) is 5.95. The van der Waals surface area contributed by atoms with Crippen LogP contribution < -0.4 is 5.63 Å². The summed E-state index contributed by atoms with van der Waals surface area (Å²) in [5.74, 6) is 0. The van der Waals surface area contributed by atoms with Crippen molar-refractivity contribution >= 4 is 29.7 Å². The van der Waals surface area contributed by atoms with Gasteiger partial charge < -0.3 is 4.42 Å². The molecular weight excluding hydrogens is 473 g/mol. The zero-order valence-electron chi connectivity index (χ0n) is 16.5. The molecule has 0 amide bonds. The van der Waals surface area contributed by atoms with E-state index in [0.717, 1.165) is 5.39 Å². The monoisotopic (exact) mass is 490 g/mol. The first-order valence-electron chi connectivity index (χ1n) is 9.13. The van der Waals surface area contributed by atoms with Crippen molar-refractivity contribution < 1.29 is 29.6 Å². The molecule has 0 fully saturated rings. The van der Waals surface area contributed by atoms with Gasteiger partial charge in [-0.05, 0) is 43.3 Å². The Hall–Kier alpha value is -2.77. The third-order valence-electron chi connectivity index (χ3n) is 4.09. The molecule has 0 aliphatic heterocycles. The zero-order chi connectivity index (χ0) is 23.6. The summed E-state index contributed by atoms with van der Waals surface area (Å²) in [6.07, 6.45) is 0. The molecule has 0 saturated carbocycles. The van der Waals surface area contributed by atoms with Crippen LogP contribution in [-0.4, -0.2) is 0 Å². The molecule has 170 valence electrons. The zero-order valence-corrected chi connectivity index (χ0v) is 18.2. The van der Waals surface area contributed by atoms with Crippen LogP contribution in [0.4, 0.5) is 25.2 Å². The van der Waals surface area contributed by atoms with Crippen LogP contribution in [0.2, 0.25) is 0 Å². The normalized spacial score (nSPS) is 13.8. The fourth-order valence-corrected chi connectivity index (χ4v) is 5.18. The number of hydrogen-bond donors (Lipinski definition) is 0. The summed E-state index contributed by atoms with van der Waals surface area (Å²) in [6.45, 7) is 2.12. The van der Waals surface area contributed by atoms with Crippen molar-refractivity contribution in [2.24, 2.45) is 0 Å². The van der Waals surface area contributed by atoms with E-state index in [1.807, 2.05) is 24.3 Å². The third-order valence-corrected chi connectivity index (χ3v) is 6.46. The predicted molar refractivity (Wildman–Crippen MR) is 116 cm³/mol. The fraction of sp³-hybridized carbons (Fsp3) is 0.0455. The van der Waals surface area contributed by atoms with Gasteiger partial charge in [0.15, 0.2) is 14.7 Å². The van der Waals surface area contributed by atoms with Crippen molar-refractivity contribution in [2.75, 3.05) is 0 Å². The molecule has 0 bridgehead atoms. The van der Waals surface area contributed by atoms with E-state index in [4.69, 9.17) is 4.42 Å². The number of aryl methyl sites for hydroxylation is 1. The number of hydrogen-bond acceptors (Lipinski definition) is 2. The Morgan fingerprint density at radius 2 is 1.19 bits per heavy atom. The number of benzene rings is 3. The van der Waals surface area contributed by atoms with E-state index in [2.05, 4.69) is 61.5 Å². The van der Waals surface area contributed by atoms with E-state index in [-0.39, 0.29) is 16.5 Å². The number of fused-ring (bicyclic) bond motifs is 1. The van der Waals surface area contributed by atoms with Crippen molar-refractivity contribution in [1.82, 2.24) is 0 Å². The minimum absolute atomic E-state index is 0.251. The second-order valence-corrected chi connectivity index (χ2v) is 10.7. The topological polar surface area (TPSA) is 30.2 Å². The van der Waals surface area contributed by atoms with Crippen LogP contribution in [0.25, 0.3) is 11.0 Å². The summed E-state index contributed by atoms with van der Waals surface area (Å²) in [5.41, 5.74) is 1.51. The molecule has 2 nitrogen and oxygen atoms in total. The van der Waals surface area contributed by atoms with Crippen LogP contribution in [0, 0.1) is 6.92 Å². The fourth-order valence-electron chi connectivity index (χ4n) is 2.93. The molecular formula is C22H17F6O2PS. The van der Waals surface area contributed by atoms with Crippen LogP contribution in [-0.2, 0) is 10.9 Å². The van der Waals surface area contributed by atoms with Gasteiger partial charge in [-0.25, -0.2) is 4.79 Å². The number of rotatable bonds is 3. The Morgan fingerprint density at radius 3 is 1.66 bits per heavy atom. The van der Waals surface area contributed by atoms with E-state index in [0.29, 0.717) is 5.58 Å². The van der Waals surface area contributed by atoms with Gasteiger partial charge in [0.05, 0.1) is 10.9 Å². The Balaban J connectivity index is 0.000000360. The first-order chi connectivity index (χ1) is 14.7. The summed E-state index contributed by atoms with van der Waals surface area (Å²) in [6, 6.07) is 28.3. The molecule has 1 aromatic heterocycles. The molecule has 0 spiro atoms. The molecule has 0 unspecified atom stereocenters. The van der Waals surface area contributed by atoms with Crippen molar-refractivity contribution in [1.29, 1.82) is 0 Å². The standard InChI is InChI=1S/C22H17O2S.F6P/c1-16-14-17-12-13-22(23)24-20(17)15-21(16)25(18-8-4-2-5-9-18)19-10-6-3-7-11-19;1-7(2,3,4,5)6/h2-15H,1H3;/q+1;-1. The average molecular weight is 490 g/mol. The predicted octanol–water partition coefficient (Wildman–Crippen LogP) is 8.58. The molecule has 4 rings (SSSR count). The van der Waals surface area contributed by atoms with Crippen LogP contribution in [0.15, 0.2) is 109 Å². The van der Waals surface area contributed by atoms with E-state index in [1.54, 1.807) is 0 Å². The molecule has 0 N–H and O–H groups in total. The molecule has 0 aliphatic carbocycles. The van der Waals surface area contributed by atoms with Crippen molar-refractivity contribution in [3.05, 3.63) is 101 Å². The van der Waals surface area contributed by atoms with Gasteiger partial charge in [0.1, 0.15) is 5.58 Å². The molecule has 3 aromatic carbocycles.